The molecule has 0 spiro atoms. The van der Waals surface area contributed by atoms with E-state index < -0.39 is 0 Å². The van der Waals surface area contributed by atoms with Crippen molar-refractivity contribution in [3.8, 4) is 0 Å². The fourth-order valence-corrected chi connectivity index (χ4v) is 3.55. The Morgan fingerprint density at radius 2 is 1.76 bits per heavy atom. The molecule has 0 aromatic carbocycles. The standard InChI is InChI=1S/C18H38N2O/c1-7-20(12-8-11-19(5)6)14-15-13-16(18(2,3)4)9-10-17(15)21/h15-17,21H,7-14H2,1-6H3. The predicted molar refractivity (Wildman–Crippen MR) is 91.6 cm³/mol. The number of aliphatic hydroxyl groups is 1. The van der Waals surface area contributed by atoms with Crippen LogP contribution in [0.4, 0.5) is 0 Å². The summed E-state index contributed by atoms with van der Waals surface area (Å²) in [5.41, 5.74) is 0.375. The molecule has 3 nitrogen and oxygen atoms in total. The van der Waals surface area contributed by atoms with Crippen LogP contribution < -0.4 is 0 Å². The molecular formula is C18H38N2O. The van der Waals surface area contributed by atoms with Crippen LogP contribution in [0.3, 0.4) is 0 Å². The number of hydrogen-bond acceptors (Lipinski definition) is 3. The third-order valence-electron chi connectivity index (χ3n) is 5.19. The molecule has 21 heavy (non-hydrogen) atoms. The highest BCUT2D eigenvalue weighted by molar-refractivity contribution is 4.86. The van der Waals surface area contributed by atoms with Gasteiger partial charge in [-0.15, -0.1) is 0 Å². The van der Waals surface area contributed by atoms with Gasteiger partial charge in [-0.2, -0.15) is 0 Å². The topological polar surface area (TPSA) is 26.7 Å². The van der Waals surface area contributed by atoms with E-state index in [1.165, 1.54) is 19.3 Å². The smallest absolute Gasteiger partial charge is 0.0580 e. The van der Waals surface area contributed by atoms with Gasteiger partial charge in [-0.05, 0) is 76.7 Å². The summed E-state index contributed by atoms with van der Waals surface area (Å²) in [5, 5.41) is 10.4. The Kier molecular flexibility index (Phi) is 7.66. The van der Waals surface area contributed by atoms with Crippen molar-refractivity contribution in [3.05, 3.63) is 0 Å². The number of rotatable bonds is 7. The Hall–Kier alpha value is -0.120. The van der Waals surface area contributed by atoms with Crippen molar-refractivity contribution in [2.45, 2.75) is 59.5 Å². The lowest BCUT2D eigenvalue weighted by molar-refractivity contribution is 0.00361. The minimum atomic E-state index is -0.0912. The monoisotopic (exact) mass is 298 g/mol. The van der Waals surface area contributed by atoms with Crippen molar-refractivity contribution < 1.29 is 5.11 Å². The first-order chi connectivity index (χ1) is 9.74. The van der Waals surface area contributed by atoms with Gasteiger partial charge in [-0.25, -0.2) is 0 Å². The van der Waals surface area contributed by atoms with E-state index in [4.69, 9.17) is 0 Å². The van der Waals surface area contributed by atoms with E-state index in [0.717, 1.165) is 38.5 Å². The number of nitrogens with zero attached hydrogens (tertiary/aromatic N) is 2. The van der Waals surface area contributed by atoms with Crippen molar-refractivity contribution in [2.75, 3.05) is 40.3 Å². The second-order valence-corrected chi connectivity index (χ2v) is 8.25. The van der Waals surface area contributed by atoms with Crippen LogP contribution in [0.2, 0.25) is 0 Å². The van der Waals surface area contributed by atoms with E-state index in [-0.39, 0.29) is 6.10 Å². The molecule has 3 unspecified atom stereocenters. The highest BCUT2D eigenvalue weighted by Gasteiger charge is 2.35. The van der Waals surface area contributed by atoms with Gasteiger partial charge in [0.05, 0.1) is 6.10 Å². The van der Waals surface area contributed by atoms with Crippen molar-refractivity contribution in [1.82, 2.24) is 9.80 Å². The zero-order valence-corrected chi connectivity index (χ0v) is 15.2. The van der Waals surface area contributed by atoms with E-state index in [2.05, 4.69) is 51.6 Å². The lowest BCUT2D eigenvalue weighted by atomic mass is 9.68. The van der Waals surface area contributed by atoms with Gasteiger partial charge < -0.3 is 14.9 Å². The van der Waals surface area contributed by atoms with Gasteiger partial charge in [-0.1, -0.05) is 27.7 Å². The van der Waals surface area contributed by atoms with Crippen LogP contribution in [0.25, 0.3) is 0 Å². The van der Waals surface area contributed by atoms with Crippen LogP contribution in [0.15, 0.2) is 0 Å². The molecule has 126 valence electrons. The van der Waals surface area contributed by atoms with Gasteiger partial charge in [0, 0.05) is 6.54 Å². The number of hydrogen-bond donors (Lipinski definition) is 1. The molecule has 1 aliphatic carbocycles. The molecule has 1 aliphatic rings. The van der Waals surface area contributed by atoms with Gasteiger partial charge in [-0.3, -0.25) is 0 Å². The van der Waals surface area contributed by atoms with Crippen molar-refractivity contribution in [1.29, 1.82) is 0 Å². The molecule has 3 atom stereocenters. The average Bonchev–Trinajstić information content (AvgIpc) is 2.38. The minimum Gasteiger partial charge on any atom is -0.393 e. The zero-order valence-electron chi connectivity index (χ0n) is 15.2. The third-order valence-corrected chi connectivity index (χ3v) is 5.19. The van der Waals surface area contributed by atoms with E-state index in [9.17, 15) is 5.11 Å². The van der Waals surface area contributed by atoms with Gasteiger partial charge in [0.25, 0.3) is 0 Å². The van der Waals surface area contributed by atoms with Crippen LogP contribution in [-0.4, -0.2) is 61.3 Å². The first-order valence-corrected chi connectivity index (χ1v) is 8.79. The SMILES string of the molecule is CCN(CCCN(C)C)CC1CC(C(C)(C)C)CCC1O. The average molecular weight is 299 g/mol. The maximum Gasteiger partial charge on any atom is 0.0580 e. The highest BCUT2D eigenvalue weighted by atomic mass is 16.3. The second kappa shape index (κ2) is 8.50. The summed E-state index contributed by atoms with van der Waals surface area (Å²) < 4.78 is 0. The van der Waals surface area contributed by atoms with E-state index in [1.807, 2.05) is 0 Å². The van der Waals surface area contributed by atoms with Gasteiger partial charge in [0.1, 0.15) is 0 Å². The summed E-state index contributed by atoms with van der Waals surface area (Å²) in [4.78, 5) is 4.78. The second-order valence-electron chi connectivity index (χ2n) is 8.25. The molecule has 3 heteroatoms. The summed E-state index contributed by atoms with van der Waals surface area (Å²) in [5.74, 6) is 1.22. The Labute approximate surface area is 132 Å². The van der Waals surface area contributed by atoms with Crippen LogP contribution in [0, 0.1) is 17.3 Å². The molecule has 0 bridgehead atoms. The molecule has 1 rings (SSSR count). The van der Waals surface area contributed by atoms with E-state index in [0.29, 0.717) is 11.3 Å². The van der Waals surface area contributed by atoms with Crippen molar-refractivity contribution in [2.24, 2.45) is 17.3 Å². The first kappa shape index (κ1) is 18.9. The fourth-order valence-electron chi connectivity index (χ4n) is 3.55. The Morgan fingerprint density at radius 3 is 2.29 bits per heavy atom. The van der Waals surface area contributed by atoms with Gasteiger partial charge >= 0.3 is 0 Å². The molecule has 1 saturated carbocycles. The Morgan fingerprint density at radius 1 is 1.10 bits per heavy atom. The summed E-state index contributed by atoms with van der Waals surface area (Å²) in [6.45, 7) is 13.7. The van der Waals surface area contributed by atoms with Gasteiger partial charge in [0.15, 0.2) is 0 Å². The van der Waals surface area contributed by atoms with E-state index in [1.54, 1.807) is 0 Å². The van der Waals surface area contributed by atoms with Gasteiger partial charge in [0.2, 0.25) is 0 Å². The Balaban J connectivity index is 2.48. The first-order valence-electron chi connectivity index (χ1n) is 8.79. The molecule has 0 saturated heterocycles. The van der Waals surface area contributed by atoms with Crippen molar-refractivity contribution in [3.63, 3.8) is 0 Å². The molecule has 1 N–H and O–H groups in total. The Bertz CT molecular complexity index is 285. The molecule has 0 aliphatic heterocycles. The minimum absolute atomic E-state index is 0.0912. The summed E-state index contributed by atoms with van der Waals surface area (Å²) in [6, 6.07) is 0. The summed E-state index contributed by atoms with van der Waals surface area (Å²) in [6.07, 6.45) is 4.49. The third kappa shape index (κ3) is 6.66. The molecule has 0 aromatic heterocycles. The van der Waals surface area contributed by atoms with Crippen LogP contribution >= 0.6 is 0 Å². The molecule has 0 radical (unpaired) electrons. The normalized spacial score (nSPS) is 27.6. The quantitative estimate of drug-likeness (QED) is 0.782. The largest absolute Gasteiger partial charge is 0.393 e. The van der Waals surface area contributed by atoms with Crippen LogP contribution in [0.5, 0.6) is 0 Å². The van der Waals surface area contributed by atoms with Crippen molar-refractivity contribution >= 4 is 0 Å². The van der Waals surface area contributed by atoms with Crippen LogP contribution in [-0.2, 0) is 0 Å². The summed E-state index contributed by atoms with van der Waals surface area (Å²) >= 11 is 0. The zero-order chi connectivity index (χ0) is 16.0. The lowest BCUT2D eigenvalue weighted by Crippen LogP contribution is -2.42. The predicted octanol–water partition coefficient (Wildman–Crippen LogP) is 3.08. The van der Waals surface area contributed by atoms with E-state index >= 15 is 0 Å². The maximum atomic E-state index is 10.4. The molecule has 0 amide bonds. The highest BCUT2D eigenvalue weighted by Crippen LogP contribution is 2.40. The molecule has 0 heterocycles. The molecular weight excluding hydrogens is 260 g/mol. The molecule has 0 aromatic rings. The summed E-state index contributed by atoms with van der Waals surface area (Å²) in [7, 11) is 4.27. The van der Waals surface area contributed by atoms with Crippen LogP contribution in [0.1, 0.15) is 53.4 Å². The molecule has 1 fully saturated rings. The maximum absolute atomic E-state index is 10.4. The number of aliphatic hydroxyl groups excluding tert-OH is 1. The lowest BCUT2D eigenvalue weighted by Gasteiger charge is -2.41. The fraction of sp³-hybridized carbons (Fsp3) is 1.00.